The van der Waals surface area contributed by atoms with Crippen molar-refractivity contribution in [3.05, 3.63) is 30.3 Å². The highest BCUT2D eigenvalue weighted by atomic mass is 16.4. The summed E-state index contributed by atoms with van der Waals surface area (Å²) in [5.41, 5.74) is 7.09. The van der Waals surface area contributed by atoms with Gasteiger partial charge in [0.15, 0.2) is 0 Å². The second kappa shape index (κ2) is 3.70. The summed E-state index contributed by atoms with van der Waals surface area (Å²) in [5, 5.41) is 9.40. The maximum absolute atomic E-state index is 10.5. The quantitative estimate of drug-likeness (QED) is 0.790. The predicted octanol–water partition coefficient (Wildman–Crippen LogP) is 1.30. The number of pyridine rings is 1. The average molecular weight is 206 g/mol. The molecule has 0 saturated heterocycles. The number of furan rings is 1. The summed E-state index contributed by atoms with van der Waals surface area (Å²) in [6, 6.07) is 1.15. The van der Waals surface area contributed by atoms with Crippen molar-refractivity contribution in [2.45, 2.75) is 12.5 Å². The monoisotopic (exact) mass is 206 g/mol. The highest BCUT2D eigenvalue weighted by Crippen LogP contribution is 2.25. The van der Waals surface area contributed by atoms with Gasteiger partial charge < -0.3 is 15.3 Å². The SMILES string of the molecule is NC(CC(=O)O)c1coc2ccncc12. The topological polar surface area (TPSA) is 89.4 Å². The van der Waals surface area contributed by atoms with Crippen LogP contribution in [0.2, 0.25) is 0 Å². The number of nitrogens with zero attached hydrogens (tertiary/aromatic N) is 1. The molecule has 2 aromatic rings. The fraction of sp³-hybridized carbons (Fsp3) is 0.200. The van der Waals surface area contributed by atoms with E-state index in [1.54, 1.807) is 18.5 Å². The summed E-state index contributed by atoms with van der Waals surface area (Å²) >= 11 is 0. The van der Waals surface area contributed by atoms with Gasteiger partial charge in [0.2, 0.25) is 0 Å². The summed E-state index contributed by atoms with van der Waals surface area (Å²) in [4.78, 5) is 14.5. The van der Waals surface area contributed by atoms with E-state index in [1.165, 1.54) is 6.26 Å². The Morgan fingerprint density at radius 2 is 2.47 bits per heavy atom. The minimum atomic E-state index is -0.930. The smallest absolute Gasteiger partial charge is 0.305 e. The number of rotatable bonds is 3. The van der Waals surface area contributed by atoms with Gasteiger partial charge >= 0.3 is 5.97 Å². The minimum Gasteiger partial charge on any atom is -0.481 e. The van der Waals surface area contributed by atoms with Crippen LogP contribution in [0.1, 0.15) is 18.0 Å². The summed E-state index contributed by atoms with van der Waals surface area (Å²) in [6.45, 7) is 0. The van der Waals surface area contributed by atoms with Crippen molar-refractivity contribution in [2.24, 2.45) is 5.73 Å². The number of carbonyl (C=O) groups is 1. The van der Waals surface area contributed by atoms with Gasteiger partial charge in [-0.05, 0) is 6.07 Å². The lowest BCUT2D eigenvalue weighted by Gasteiger charge is -2.05. The molecule has 3 N–H and O–H groups in total. The molecule has 15 heavy (non-hydrogen) atoms. The Morgan fingerprint density at radius 3 is 3.20 bits per heavy atom. The molecule has 0 bridgehead atoms. The number of aliphatic carboxylic acids is 1. The van der Waals surface area contributed by atoms with Gasteiger partial charge in [0.1, 0.15) is 5.58 Å². The van der Waals surface area contributed by atoms with Gasteiger partial charge in [0, 0.05) is 29.4 Å². The second-order valence-electron chi connectivity index (χ2n) is 3.27. The molecule has 78 valence electrons. The zero-order valence-electron chi connectivity index (χ0n) is 7.88. The van der Waals surface area contributed by atoms with E-state index < -0.39 is 12.0 Å². The van der Waals surface area contributed by atoms with Gasteiger partial charge in [-0.3, -0.25) is 9.78 Å². The summed E-state index contributed by atoms with van der Waals surface area (Å²) in [7, 11) is 0. The number of nitrogens with two attached hydrogens (primary N) is 1. The van der Waals surface area contributed by atoms with Crippen molar-refractivity contribution in [3.63, 3.8) is 0 Å². The number of carboxylic acid groups (broad SMARTS) is 1. The molecule has 1 unspecified atom stereocenters. The lowest BCUT2D eigenvalue weighted by Crippen LogP contribution is -2.14. The van der Waals surface area contributed by atoms with E-state index in [4.69, 9.17) is 15.3 Å². The molecule has 2 rings (SSSR count). The summed E-state index contributed by atoms with van der Waals surface area (Å²) < 4.78 is 5.24. The van der Waals surface area contributed by atoms with Gasteiger partial charge in [-0.15, -0.1) is 0 Å². The Balaban J connectivity index is 2.39. The third-order valence-electron chi connectivity index (χ3n) is 2.20. The summed E-state index contributed by atoms with van der Waals surface area (Å²) in [5.74, 6) is -0.930. The first-order valence-corrected chi connectivity index (χ1v) is 4.47. The number of hydrogen-bond acceptors (Lipinski definition) is 4. The molecule has 2 heterocycles. The first kappa shape index (κ1) is 9.67. The molecule has 5 nitrogen and oxygen atoms in total. The maximum atomic E-state index is 10.5. The molecule has 0 radical (unpaired) electrons. The third-order valence-corrected chi connectivity index (χ3v) is 2.20. The highest BCUT2D eigenvalue weighted by Gasteiger charge is 2.15. The zero-order valence-corrected chi connectivity index (χ0v) is 7.88. The Hall–Kier alpha value is -1.88. The van der Waals surface area contributed by atoms with Gasteiger partial charge in [0.25, 0.3) is 0 Å². The van der Waals surface area contributed by atoms with E-state index in [0.717, 1.165) is 5.39 Å². The van der Waals surface area contributed by atoms with Gasteiger partial charge in [-0.1, -0.05) is 0 Å². The van der Waals surface area contributed by atoms with Crippen LogP contribution < -0.4 is 5.73 Å². The predicted molar refractivity (Wildman–Crippen MR) is 53.2 cm³/mol. The zero-order chi connectivity index (χ0) is 10.8. The first-order chi connectivity index (χ1) is 7.18. The molecule has 0 aliphatic heterocycles. The Kier molecular flexibility index (Phi) is 2.39. The second-order valence-corrected chi connectivity index (χ2v) is 3.27. The van der Waals surface area contributed by atoms with Crippen LogP contribution in [-0.2, 0) is 4.79 Å². The molecule has 0 fully saturated rings. The molecular weight excluding hydrogens is 196 g/mol. The largest absolute Gasteiger partial charge is 0.481 e. The van der Waals surface area contributed by atoms with Crippen LogP contribution in [0.15, 0.2) is 29.1 Å². The van der Waals surface area contributed by atoms with Gasteiger partial charge in [-0.25, -0.2) is 0 Å². The van der Waals surface area contributed by atoms with E-state index in [1.807, 2.05) is 0 Å². The number of hydrogen-bond donors (Lipinski definition) is 2. The molecule has 2 aromatic heterocycles. The molecule has 0 amide bonds. The van der Waals surface area contributed by atoms with E-state index in [0.29, 0.717) is 11.1 Å². The Bertz CT molecular complexity index is 492. The van der Waals surface area contributed by atoms with Crippen molar-refractivity contribution in [1.29, 1.82) is 0 Å². The van der Waals surface area contributed by atoms with Crippen molar-refractivity contribution < 1.29 is 14.3 Å². The van der Waals surface area contributed by atoms with Crippen LogP contribution >= 0.6 is 0 Å². The molecule has 0 saturated carbocycles. The van der Waals surface area contributed by atoms with Crippen LogP contribution in [0, 0.1) is 0 Å². The maximum Gasteiger partial charge on any atom is 0.305 e. The van der Waals surface area contributed by atoms with Crippen molar-refractivity contribution in [1.82, 2.24) is 4.98 Å². The van der Waals surface area contributed by atoms with Crippen LogP contribution in [0.4, 0.5) is 0 Å². The van der Waals surface area contributed by atoms with Crippen LogP contribution in [0.5, 0.6) is 0 Å². The molecular formula is C10H10N2O3. The molecule has 0 aliphatic carbocycles. The molecule has 0 aliphatic rings. The fourth-order valence-electron chi connectivity index (χ4n) is 1.48. The fourth-order valence-corrected chi connectivity index (χ4v) is 1.48. The van der Waals surface area contributed by atoms with Gasteiger partial charge in [0.05, 0.1) is 12.7 Å². The summed E-state index contributed by atoms with van der Waals surface area (Å²) in [6.07, 6.45) is 4.59. The minimum absolute atomic E-state index is 0.122. The van der Waals surface area contributed by atoms with E-state index in [2.05, 4.69) is 4.98 Å². The van der Waals surface area contributed by atoms with Crippen LogP contribution in [0.3, 0.4) is 0 Å². The van der Waals surface area contributed by atoms with Crippen LogP contribution in [-0.4, -0.2) is 16.1 Å². The van der Waals surface area contributed by atoms with Gasteiger partial charge in [-0.2, -0.15) is 0 Å². The lowest BCUT2D eigenvalue weighted by molar-refractivity contribution is -0.137. The molecule has 0 aromatic carbocycles. The molecule has 0 spiro atoms. The average Bonchev–Trinajstić information content (AvgIpc) is 2.59. The van der Waals surface area contributed by atoms with Crippen molar-refractivity contribution in [3.8, 4) is 0 Å². The molecule has 1 atom stereocenters. The lowest BCUT2D eigenvalue weighted by atomic mass is 10.1. The van der Waals surface area contributed by atoms with E-state index >= 15 is 0 Å². The Morgan fingerprint density at radius 1 is 1.67 bits per heavy atom. The van der Waals surface area contributed by atoms with E-state index in [9.17, 15) is 4.79 Å². The van der Waals surface area contributed by atoms with E-state index in [-0.39, 0.29) is 6.42 Å². The first-order valence-electron chi connectivity index (χ1n) is 4.47. The van der Waals surface area contributed by atoms with Crippen molar-refractivity contribution in [2.75, 3.05) is 0 Å². The van der Waals surface area contributed by atoms with Crippen molar-refractivity contribution >= 4 is 16.9 Å². The molecule has 5 heteroatoms. The van der Waals surface area contributed by atoms with Crippen LogP contribution in [0.25, 0.3) is 11.0 Å². The highest BCUT2D eigenvalue weighted by molar-refractivity contribution is 5.81. The number of aromatic nitrogens is 1. The Labute approximate surface area is 85.5 Å². The standard InChI is InChI=1S/C10H10N2O3/c11-8(3-10(13)14)7-5-15-9-1-2-12-4-6(7)9/h1-2,4-5,8H,3,11H2,(H,13,14). The number of carboxylic acids is 1. The third kappa shape index (κ3) is 1.82. The normalized spacial score (nSPS) is 12.9. The number of fused-ring (bicyclic) bond motifs is 1.